The van der Waals surface area contributed by atoms with Gasteiger partial charge in [0.25, 0.3) is 5.91 Å². The summed E-state index contributed by atoms with van der Waals surface area (Å²) in [6.45, 7) is 2.63. The van der Waals surface area contributed by atoms with Gasteiger partial charge in [-0.25, -0.2) is 19.6 Å². The molecular formula is C17H16ClN7O. The fourth-order valence-electron chi connectivity index (χ4n) is 2.90. The first-order valence-electron chi connectivity index (χ1n) is 8.17. The second-order valence-corrected chi connectivity index (χ2v) is 6.30. The summed E-state index contributed by atoms with van der Waals surface area (Å²) in [7, 11) is 0. The number of nitrogens with zero attached hydrogens (tertiary/aromatic N) is 7. The number of aromatic nitrogens is 5. The minimum Gasteiger partial charge on any atom is -0.353 e. The molecule has 0 atom stereocenters. The number of hydrogen-bond acceptors (Lipinski definition) is 6. The van der Waals surface area contributed by atoms with E-state index in [-0.39, 0.29) is 5.91 Å². The number of amides is 1. The molecule has 1 aromatic carbocycles. The van der Waals surface area contributed by atoms with Crippen molar-refractivity contribution in [2.75, 3.05) is 31.1 Å². The zero-order valence-corrected chi connectivity index (χ0v) is 14.6. The Kier molecular flexibility index (Phi) is 4.49. The number of hydrogen-bond donors (Lipinski definition) is 0. The van der Waals surface area contributed by atoms with Crippen LogP contribution in [0.4, 0.5) is 5.82 Å². The largest absolute Gasteiger partial charge is 0.353 e. The smallest absolute Gasteiger partial charge is 0.254 e. The van der Waals surface area contributed by atoms with E-state index in [0.717, 1.165) is 5.82 Å². The number of halogens is 1. The number of carbonyl (C=O) groups is 1. The molecule has 1 saturated heterocycles. The van der Waals surface area contributed by atoms with Gasteiger partial charge in [-0.15, -0.1) is 0 Å². The molecule has 0 N–H and O–H groups in total. The van der Waals surface area contributed by atoms with Crippen LogP contribution in [0.1, 0.15) is 10.4 Å². The molecule has 9 heteroatoms. The highest BCUT2D eigenvalue weighted by Gasteiger charge is 2.23. The van der Waals surface area contributed by atoms with Gasteiger partial charge >= 0.3 is 0 Å². The Morgan fingerprint density at radius 2 is 1.81 bits per heavy atom. The van der Waals surface area contributed by atoms with Crippen LogP contribution in [0, 0.1) is 0 Å². The third-order valence-corrected chi connectivity index (χ3v) is 4.49. The highest BCUT2D eigenvalue weighted by molar-refractivity contribution is 6.30. The average Bonchev–Trinajstić information content (AvgIpc) is 3.23. The highest BCUT2D eigenvalue weighted by Crippen LogP contribution is 2.18. The summed E-state index contributed by atoms with van der Waals surface area (Å²) in [4.78, 5) is 29.1. The van der Waals surface area contributed by atoms with Gasteiger partial charge in [-0.2, -0.15) is 5.10 Å². The molecule has 0 saturated carbocycles. The SMILES string of the molecule is O=C(c1cccc(Cl)c1)N1CCN(c2cc(-n3cncn3)ncn2)CC1. The van der Waals surface area contributed by atoms with Crippen molar-refractivity contribution in [3.8, 4) is 5.82 Å². The molecule has 26 heavy (non-hydrogen) atoms. The maximum Gasteiger partial charge on any atom is 0.254 e. The van der Waals surface area contributed by atoms with Crippen LogP contribution in [0.5, 0.6) is 0 Å². The first kappa shape index (κ1) is 16.5. The monoisotopic (exact) mass is 369 g/mol. The van der Waals surface area contributed by atoms with Gasteiger partial charge in [-0.05, 0) is 18.2 Å². The Bertz CT molecular complexity index is 907. The third-order valence-electron chi connectivity index (χ3n) is 4.25. The van der Waals surface area contributed by atoms with E-state index in [1.54, 1.807) is 35.3 Å². The molecule has 3 heterocycles. The second-order valence-electron chi connectivity index (χ2n) is 5.86. The first-order valence-corrected chi connectivity index (χ1v) is 8.55. The Morgan fingerprint density at radius 1 is 1.00 bits per heavy atom. The van der Waals surface area contributed by atoms with E-state index in [0.29, 0.717) is 42.6 Å². The molecule has 3 aromatic rings. The zero-order chi connectivity index (χ0) is 17.9. The molecular weight excluding hydrogens is 354 g/mol. The van der Waals surface area contributed by atoms with Crippen LogP contribution in [0.15, 0.2) is 49.3 Å². The lowest BCUT2D eigenvalue weighted by Gasteiger charge is -2.35. The molecule has 1 aliphatic rings. The van der Waals surface area contributed by atoms with E-state index in [4.69, 9.17) is 11.6 Å². The van der Waals surface area contributed by atoms with Gasteiger partial charge in [0, 0.05) is 42.8 Å². The van der Waals surface area contributed by atoms with E-state index in [9.17, 15) is 4.79 Å². The van der Waals surface area contributed by atoms with Crippen molar-refractivity contribution in [3.05, 3.63) is 59.9 Å². The van der Waals surface area contributed by atoms with Crippen LogP contribution in [-0.2, 0) is 0 Å². The Labute approximate surface area is 155 Å². The predicted octanol–water partition coefficient (Wildman–Crippen LogP) is 1.67. The number of piperazine rings is 1. The molecule has 0 unspecified atom stereocenters. The molecule has 2 aromatic heterocycles. The summed E-state index contributed by atoms with van der Waals surface area (Å²) in [5, 5.41) is 4.65. The zero-order valence-electron chi connectivity index (χ0n) is 13.9. The summed E-state index contributed by atoms with van der Waals surface area (Å²) in [6.07, 6.45) is 4.56. The van der Waals surface area contributed by atoms with Crippen molar-refractivity contribution in [2.24, 2.45) is 0 Å². The molecule has 1 amide bonds. The van der Waals surface area contributed by atoms with E-state index in [2.05, 4.69) is 25.0 Å². The fraction of sp³-hybridized carbons (Fsp3) is 0.235. The number of anilines is 1. The van der Waals surface area contributed by atoms with Crippen LogP contribution in [0.25, 0.3) is 5.82 Å². The molecule has 8 nitrogen and oxygen atoms in total. The van der Waals surface area contributed by atoms with Crippen LogP contribution in [0.2, 0.25) is 5.02 Å². The van der Waals surface area contributed by atoms with Crippen molar-refractivity contribution in [2.45, 2.75) is 0 Å². The van der Waals surface area contributed by atoms with Gasteiger partial charge in [-0.1, -0.05) is 17.7 Å². The molecule has 1 fully saturated rings. The highest BCUT2D eigenvalue weighted by atomic mass is 35.5. The lowest BCUT2D eigenvalue weighted by atomic mass is 10.2. The molecule has 4 rings (SSSR count). The Morgan fingerprint density at radius 3 is 2.54 bits per heavy atom. The fourth-order valence-corrected chi connectivity index (χ4v) is 3.09. The average molecular weight is 370 g/mol. The Balaban J connectivity index is 1.44. The molecule has 0 bridgehead atoms. The molecule has 1 aliphatic heterocycles. The van der Waals surface area contributed by atoms with Crippen molar-refractivity contribution in [1.29, 1.82) is 0 Å². The first-order chi connectivity index (χ1) is 12.7. The van der Waals surface area contributed by atoms with Gasteiger partial charge in [-0.3, -0.25) is 4.79 Å². The lowest BCUT2D eigenvalue weighted by molar-refractivity contribution is 0.0746. The normalized spacial score (nSPS) is 14.5. The maximum atomic E-state index is 12.6. The van der Waals surface area contributed by atoms with Crippen LogP contribution in [-0.4, -0.2) is 61.7 Å². The van der Waals surface area contributed by atoms with Crippen molar-refractivity contribution in [3.63, 3.8) is 0 Å². The molecule has 0 radical (unpaired) electrons. The lowest BCUT2D eigenvalue weighted by Crippen LogP contribution is -2.49. The summed E-state index contributed by atoms with van der Waals surface area (Å²) in [5.41, 5.74) is 0.612. The maximum absolute atomic E-state index is 12.6. The molecule has 0 aliphatic carbocycles. The van der Waals surface area contributed by atoms with Crippen LogP contribution < -0.4 is 4.90 Å². The van der Waals surface area contributed by atoms with Crippen LogP contribution >= 0.6 is 11.6 Å². The van der Waals surface area contributed by atoms with E-state index in [1.807, 2.05) is 11.0 Å². The van der Waals surface area contributed by atoms with Gasteiger partial charge in [0.15, 0.2) is 5.82 Å². The number of benzene rings is 1. The quantitative estimate of drug-likeness (QED) is 0.698. The van der Waals surface area contributed by atoms with E-state index >= 15 is 0 Å². The van der Waals surface area contributed by atoms with Crippen LogP contribution in [0.3, 0.4) is 0 Å². The number of carbonyl (C=O) groups excluding carboxylic acids is 1. The Hall–Kier alpha value is -3.00. The number of rotatable bonds is 3. The van der Waals surface area contributed by atoms with E-state index < -0.39 is 0 Å². The van der Waals surface area contributed by atoms with Crippen molar-refractivity contribution < 1.29 is 4.79 Å². The van der Waals surface area contributed by atoms with Crippen molar-refractivity contribution in [1.82, 2.24) is 29.6 Å². The molecule has 132 valence electrons. The minimum atomic E-state index is -0.00172. The third kappa shape index (κ3) is 3.36. The van der Waals surface area contributed by atoms with Gasteiger partial charge in [0.1, 0.15) is 24.8 Å². The summed E-state index contributed by atoms with van der Waals surface area (Å²) in [6, 6.07) is 8.90. The second kappa shape index (κ2) is 7.09. The topological polar surface area (TPSA) is 80.0 Å². The van der Waals surface area contributed by atoms with Crippen molar-refractivity contribution >= 4 is 23.3 Å². The summed E-state index contributed by atoms with van der Waals surface area (Å²) in [5.74, 6) is 1.46. The molecule has 0 spiro atoms. The van der Waals surface area contributed by atoms with Gasteiger partial charge in [0.2, 0.25) is 0 Å². The summed E-state index contributed by atoms with van der Waals surface area (Å²) < 4.78 is 1.59. The van der Waals surface area contributed by atoms with Gasteiger partial charge < -0.3 is 9.80 Å². The minimum absolute atomic E-state index is 0.00172. The standard InChI is InChI=1S/C17H16ClN7O/c18-14-3-1-2-13(8-14)17(26)24-6-4-23(5-7-24)15-9-16(21-11-20-15)25-12-19-10-22-25/h1-3,8-12H,4-7H2. The van der Waals surface area contributed by atoms with Gasteiger partial charge in [0.05, 0.1) is 0 Å². The summed E-state index contributed by atoms with van der Waals surface area (Å²) >= 11 is 5.98. The van der Waals surface area contributed by atoms with E-state index in [1.165, 1.54) is 12.7 Å². The predicted molar refractivity (Wildman–Crippen MR) is 96.5 cm³/mol.